The van der Waals surface area contributed by atoms with Crippen LogP contribution in [0.3, 0.4) is 0 Å². The van der Waals surface area contributed by atoms with Gasteiger partial charge in [-0.2, -0.15) is 4.99 Å². The first kappa shape index (κ1) is 27.2. The lowest BCUT2D eigenvalue weighted by atomic mass is 10.2. The molecule has 0 aliphatic carbocycles. The van der Waals surface area contributed by atoms with E-state index in [1.165, 1.54) is 16.5 Å². The molecule has 198 valence electrons. The molecule has 0 aliphatic rings. The van der Waals surface area contributed by atoms with Gasteiger partial charge in [-0.25, -0.2) is 9.78 Å². The van der Waals surface area contributed by atoms with Gasteiger partial charge in [0.05, 0.1) is 18.1 Å². The van der Waals surface area contributed by atoms with Crippen LogP contribution in [0.25, 0.3) is 16.7 Å². The van der Waals surface area contributed by atoms with Gasteiger partial charge in [-0.3, -0.25) is 14.0 Å². The van der Waals surface area contributed by atoms with Crippen molar-refractivity contribution < 1.29 is 19.1 Å². The fraction of sp³-hybridized carbons (Fsp3) is 0.321. The highest BCUT2D eigenvalue weighted by Gasteiger charge is 2.20. The van der Waals surface area contributed by atoms with Crippen LogP contribution in [-0.2, 0) is 16.0 Å². The number of aryl methyl sites for hydroxylation is 2. The number of hydrogen-bond acceptors (Lipinski definition) is 6. The maximum absolute atomic E-state index is 13.6. The van der Waals surface area contributed by atoms with E-state index < -0.39 is 11.9 Å². The van der Waals surface area contributed by atoms with Crippen LogP contribution in [0.1, 0.15) is 53.5 Å². The van der Waals surface area contributed by atoms with Gasteiger partial charge >= 0.3 is 5.97 Å². The standard InChI is InChI=1S/C28H29ClN4O5/c1-5-37-28(36)22-16-21-24(30-23-18(4)9-7-12-33(23)27(21)35)32(13-8-14-38-17(2)3)25(22)31-26(34)19-10-6-11-20(29)15-19/h6-7,9-12,15-17H,5,8,13-14H2,1-4H3. The monoisotopic (exact) mass is 536 g/mol. The van der Waals surface area contributed by atoms with Gasteiger partial charge < -0.3 is 14.0 Å². The number of ether oxygens (including phenoxy) is 2. The average molecular weight is 537 g/mol. The molecule has 1 amide bonds. The Kier molecular flexibility index (Phi) is 8.38. The Hall–Kier alpha value is -3.82. The number of fused-ring (bicyclic) bond motifs is 2. The van der Waals surface area contributed by atoms with Crippen LogP contribution in [0.4, 0.5) is 0 Å². The Labute approximate surface area is 224 Å². The topological polar surface area (TPSA) is 104 Å². The van der Waals surface area contributed by atoms with Crippen molar-refractivity contribution in [1.29, 1.82) is 0 Å². The van der Waals surface area contributed by atoms with Crippen LogP contribution in [0, 0.1) is 6.92 Å². The summed E-state index contributed by atoms with van der Waals surface area (Å²) in [5.74, 6) is -1.30. The molecule has 0 spiro atoms. The quantitative estimate of drug-likeness (QED) is 0.188. The first-order chi connectivity index (χ1) is 18.2. The minimum Gasteiger partial charge on any atom is -0.462 e. The lowest BCUT2D eigenvalue weighted by Crippen LogP contribution is -2.33. The molecule has 38 heavy (non-hydrogen) atoms. The minimum atomic E-state index is -0.701. The summed E-state index contributed by atoms with van der Waals surface area (Å²) in [5, 5.41) is 0.584. The third kappa shape index (κ3) is 5.69. The third-order valence-electron chi connectivity index (χ3n) is 5.86. The van der Waals surface area contributed by atoms with Crippen LogP contribution in [-0.4, -0.2) is 45.1 Å². The normalized spacial score (nSPS) is 12.0. The van der Waals surface area contributed by atoms with E-state index in [1.807, 2.05) is 26.8 Å². The van der Waals surface area contributed by atoms with E-state index in [2.05, 4.69) is 4.99 Å². The van der Waals surface area contributed by atoms with Gasteiger partial charge in [-0.05, 0) is 70.0 Å². The molecule has 4 rings (SSSR count). The Morgan fingerprint density at radius 1 is 1.13 bits per heavy atom. The van der Waals surface area contributed by atoms with Crippen LogP contribution in [0.5, 0.6) is 0 Å². The summed E-state index contributed by atoms with van der Waals surface area (Å²) in [5.41, 5.74) is 1.52. The molecule has 10 heteroatoms. The second-order valence-electron chi connectivity index (χ2n) is 8.99. The maximum Gasteiger partial charge on any atom is 0.341 e. The molecule has 0 atom stereocenters. The van der Waals surface area contributed by atoms with Crippen molar-refractivity contribution in [2.45, 2.75) is 46.8 Å². The molecule has 3 aromatic heterocycles. The van der Waals surface area contributed by atoms with Gasteiger partial charge in [0.15, 0.2) is 5.49 Å². The smallest absolute Gasteiger partial charge is 0.341 e. The van der Waals surface area contributed by atoms with Gasteiger partial charge in [-0.1, -0.05) is 23.7 Å². The number of halogens is 1. The number of amides is 1. The highest BCUT2D eigenvalue weighted by Crippen LogP contribution is 2.15. The lowest BCUT2D eigenvalue weighted by molar-refractivity contribution is 0.0523. The zero-order valence-corrected chi connectivity index (χ0v) is 22.5. The molecule has 0 N–H and O–H groups in total. The Morgan fingerprint density at radius 2 is 1.92 bits per heavy atom. The first-order valence-electron chi connectivity index (χ1n) is 12.4. The van der Waals surface area contributed by atoms with Gasteiger partial charge in [0.25, 0.3) is 11.5 Å². The van der Waals surface area contributed by atoms with Crippen molar-refractivity contribution in [3.8, 4) is 0 Å². The molecule has 0 saturated carbocycles. The Bertz CT molecular complexity index is 1660. The fourth-order valence-corrected chi connectivity index (χ4v) is 4.29. The number of nitrogens with zero attached hydrogens (tertiary/aromatic N) is 4. The molecule has 0 saturated heterocycles. The average Bonchev–Trinajstić information content (AvgIpc) is 2.88. The third-order valence-corrected chi connectivity index (χ3v) is 6.09. The van der Waals surface area contributed by atoms with Crippen LogP contribution >= 0.6 is 11.6 Å². The van der Waals surface area contributed by atoms with Crippen LogP contribution in [0.2, 0.25) is 5.02 Å². The molecular formula is C28H29ClN4O5. The van der Waals surface area contributed by atoms with Gasteiger partial charge in [0, 0.05) is 29.9 Å². The molecule has 4 aromatic rings. The van der Waals surface area contributed by atoms with E-state index in [-0.39, 0.29) is 46.8 Å². The fourth-order valence-electron chi connectivity index (χ4n) is 4.10. The lowest BCUT2D eigenvalue weighted by Gasteiger charge is -2.16. The zero-order valence-electron chi connectivity index (χ0n) is 21.7. The molecule has 9 nitrogen and oxygen atoms in total. The molecule has 0 aliphatic heterocycles. The predicted molar refractivity (Wildman–Crippen MR) is 145 cm³/mol. The van der Waals surface area contributed by atoms with Crippen molar-refractivity contribution in [2.24, 2.45) is 4.99 Å². The largest absolute Gasteiger partial charge is 0.462 e. The van der Waals surface area contributed by atoms with E-state index in [9.17, 15) is 14.4 Å². The second-order valence-corrected chi connectivity index (χ2v) is 9.43. The second kappa shape index (κ2) is 11.7. The van der Waals surface area contributed by atoms with Crippen molar-refractivity contribution in [2.75, 3.05) is 13.2 Å². The first-order valence-corrected chi connectivity index (χ1v) is 12.8. The van der Waals surface area contributed by atoms with Crippen molar-refractivity contribution in [1.82, 2.24) is 14.0 Å². The molecule has 0 bridgehead atoms. The van der Waals surface area contributed by atoms with Gasteiger partial charge in [0.1, 0.15) is 16.9 Å². The van der Waals surface area contributed by atoms with E-state index in [4.69, 9.17) is 26.1 Å². The Balaban J connectivity index is 2.06. The maximum atomic E-state index is 13.6. The summed E-state index contributed by atoms with van der Waals surface area (Å²) in [6.07, 6.45) is 2.18. The van der Waals surface area contributed by atoms with Crippen molar-refractivity contribution in [3.63, 3.8) is 0 Å². The van der Waals surface area contributed by atoms with E-state index >= 15 is 0 Å². The number of pyridine rings is 2. The number of rotatable bonds is 8. The molecule has 0 fully saturated rings. The summed E-state index contributed by atoms with van der Waals surface area (Å²) in [4.78, 5) is 49.0. The van der Waals surface area contributed by atoms with Gasteiger partial charge in [-0.15, -0.1) is 0 Å². The van der Waals surface area contributed by atoms with Crippen molar-refractivity contribution >= 4 is 40.2 Å². The molecular weight excluding hydrogens is 508 g/mol. The summed E-state index contributed by atoms with van der Waals surface area (Å²) < 4.78 is 14.1. The van der Waals surface area contributed by atoms with Crippen LogP contribution in [0.15, 0.2) is 58.4 Å². The van der Waals surface area contributed by atoms with E-state index in [0.717, 1.165) is 5.56 Å². The van der Waals surface area contributed by atoms with E-state index in [1.54, 1.807) is 42.0 Å². The molecule has 0 radical (unpaired) electrons. The van der Waals surface area contributed by atoms with Crippen molar-refractivity contribution in [3.05, 3.63) is 86.2 Å². The molecule has 3 heterocycles. The SMILES string of the molecule is CCOC(=O)c1cc2c(=O)n3cccc(C)c3nc2n(CCCOC(C)C)c1=NC(=O)c1cccc(Cl)c1. The summed E-state index contributed by atoms with van der Waals surface area (Å²) in [6, 6.07) is 11.4. The van der Waals surface area contributed by atoms with Gasteiger partial charge in [0.2, 0.25) is 0 Å². The number of carbonyl (C=O) groups is 2. The number of carbonyl (C=O) groups excluding carboxylic acids is 2. The summed E-state index contributed by atoms with van der Waals surface area (Å²) in [6.45, 7) is 8.22. The molecule has 0 unspecified atom stereocenters. The highest BCUT2D eigenvalue weighted by molar-refractivity contribution is 6.31. The number of aromatic nitrogens is 3. The van der Waals surface area contributed by atoms with Crippen LogP contribution < -0.4 is 11.0 Å². The highest BCUT2D eigenvalue weighted by atomic mass is 35.5. The predicted octanol–water partition coefficient (Wildman–Crippen LogP) is 4.34. The summed E-state index contributed by atoms with van der Waals surface area (Å²) in [7, 11) is 0. The molecule has 1 aromatic carbocycles. The zero-order chi connectivity index (χ0) is 27.4. The number of esters is 1. The van der Waals surface area contributed by atoms with E-state index in [0.29, 0.717) is 29.3 Å². The number of hydrogen-bond donors (Lipinski definition) is 0. The number of benzene rings is 1. The summed E-state index contributed by atoms with van der Waals surface area (Å²) >= 11 is 6.09. The minimum absolute atomic E-state index is 0.00832. The Morgan fingerprint density at radius 3 is 2.63 bits per heavy atom.